The third-order valence-electron chi connectivity index (χ3n) is 6.22. The molecule has 2 aromatic carbocycles. The minimum Gasteiger partial charge on any atom is -0.325 e. The molecule has 7 heteroatoms. The van der Waals surface area contributed by atoms with Crippen molar-refractivity contribution in [2.75, 3.05) is 32.0 Å². The highest BCUT2D eigenvalue weighted by molar-refractivity contribution is 5.96. The molecule has 4 rings (SSSR count). The smallest absolute Gasteiger partial charge is 0.323 e. The molecule has 1 saturated heterocycles. The number of rotatable bonds is 7. The lowest BCUT2D eigenvalue weighted by molar-refractivity contribution is -0.121. The van der Waals surface area contributed by atoms with Crippen molar-refractivity contribution in [1.82, 2.24) is 19.8 Å². The van der Waals surface area contributed by atoms with Gasteiger partial charge in [0.2, 0.25) is 5.91 Å². The van der Waals surface area contributed by atoms with Gasteiger partial charge in [0.1, 0.15) is 0 Å². The Balaban J connectivity index is 1.25. The van der Waals surface area contributed by atoms with E-state index in [0.29, 0.717) is 17.1 Å². The fourth-order valence-electron chi connectivity index (χ4n) is 4.45. The number of amides is 1. The summed E-state index contributed by atoms with van der Waals surface area (Å²) in [7, 11) is 2.18. The summed E-state index contributed by atoms with van der Waals surface area (Å²) in [6, 6.07) is 15.8. The molecule has 1 aromatic heterocycles. The van der Waals surface area contributed by atoms with Crippen LogP contribution in [-0.2, 0) is 11.3 Å². The van der Waals surface area contributed by atoms with E-state index >= 15 is 0 Å². The maximum atomic E-state index is 12.8. The molecule has 2 heterocycles. The van der Waals surface area contributed by atoms with Crippen molar-refractivity contribution in [3.05, 3.63) is 64.6 Å². The number of aromatic nitrogens is 2. The third kappa shape index (κ3) is 5.42. The molecule has 0 saturated carbocycles. The van der Waals surface area contributed by atoms with Crippen LogP contribution in [0.5, 0.6) is 0 Å². The first-order valence-electron chi connectivity index (χ1n) is 11.0. The van der Waals surface area contributed by atoms with Gasteiger partial charge in [0.15, 0.2) is 0 Å². The van der Waals surface area contributed by atoms with Crippen LogP contribution in [0.4, 0.5) is 5.69 Å². The highest BCUT2D eigenvalue weighted by Crippen LogP contribution is 2.21. The summed E-state index contributed by atoms with van der Waals surface area (Å²) in [5, 5.41) is 2.99. The lowest BCUT2D eigenvalue weighted by Crippen LogP contribution is -2.47. The fraction of sp³-hybridized carbons (Fsp3) is 0.417. The van der Waals surface area contributed by atoms with Crippen molar-refractivity contribution < 1.29 is 4.79 Å². The minimum atomic E-state index is -0.246. The average Bonchev–Trinajstić information content (AvgIpc) is 3.13. The number of hydrogen-bond donors (Lipinski definition) is 3. The number of anilines is 1. The van der Waals surface area contributed by atoms with Crippen LogP contribution in [0.1, 0.15) is 25.3 Å². The van der Waals surface area contributed by atoms with Gasteiger partial charge in [-0.3, -0.25) is 9.69 Å². The first-order chi connectivity index (χ1) is 15.0. The summed E-state index contributed by atoms with van der Waals surface area (Å²) >= 11 is 0. The van der Waals surface area contributed by atoms with Crippen LogP contribution in [0.15, 0.2) is 53.3 Å². The van der Waals surface area contributed by atoms with Crippen molar-refractivity contribution in [3.63, 3.8) is 0 Å². The van der Waals surface area contributed by atoms with Gasteiger partial charge in [0.05, 0.1) is 17.1 Å². The second-order valence-electron chi connectivity index (χ2n) is 8.67. The highest BCUT2D eigenvalue weighted by atomic mass is 16.2. The zero-order valence-corrected chi connectivity index (χ0v) is 18.2. The molecule has 0 bridgehead atoms. The normalized spacial score (nSPS) is 16.6. The Bertz CT molecular complexity index is 1070. The average molecular weight is 422 g/mol. The van der Waals surface area contributed by atoms with Gasteiger partial charge in [-0.15, -0.1) is 0 Å². The molecule has 3 aromatic rings. The number of carbonyl (C=O) groups excluding carboxylic acids is 1. The van der Waals surface area contributed by atoms with Crippen molar-refractivity contribution in [3.8, 4) is 0 Å². The molecule has 1 fully saturated rings. The third-order valence-corrected chi connectivity index (χ3v) is 6.22. The second-order valence-corrected chi connectivity index (χ2v) is 8.67. The van der Waals surface area contributed by atoms with E-state index in [9.17, 15) is 9.59 Å². The molecule has 1 atom stereocenters. The number of hydrogen-bond acceptors (Lipinski definition) is 4. The van der Waals surface area contributed by atoms with Crippen LogP contribution < -0.4 is 11.0 Å². The number of carbonyl (C=O) groups is 1. The fourth-order valence-corrected chi connectivity index (χ4v) is 4.45. The van der Waals surface area contributed by atoms with E-state index in [1.54, 1.807) is 12.1 Å². The van der Waals surface area contributed by atoms with E-state index in [1.807, 2.05) is 13.0 Å². The van der Waals surface area contributed by atoms with Crippen LogP contribution in [0, 0.1) is 5.92 Å². The Morgan fingerprint density at radius 2 is 1.84 bits per heavy atom. The quantitative estimate of drug-likeness (QED) is 0.548. The molecular formula is C24H31N5O2. The molecule has 1 unspecified atom stereocenters. The Labute approximate surface area is 182 Å². The van der Waals surface area contributed by atoms with Gasteiger partial charge in [-0.2, -0.15) is 0 Å². The number of nitrogens with one attached hydrogen (secondary N) is 3. The van der Waals surface area contributed by atoms with Crippen molar-refractivity contribution >= 4 is 22.6 Å². The summed E-state index contributed by atoms with van der Waals surface area (Å²) in [5.41, 5.74) is 3.21. The predicted molar refractivity (Wildman–Crippen MR) is 124 cm³/mol. The molecule has 31 heavy (non-hydrogen) atoms. The largest absolute Gasteiger partial charge is 0.325 e. The Morgan fingerprint density at radius 1 is 1.13 bits per heavy atom. The first-order valence-corrected chi connectivity index (χ1v) is 11.0. The van der Waals surface area contributed by atoms with Gasteiger partial charge in [0.25, 0.3) is 0 Å². The van der Waals surface area contributed by atoms with Crippen LogP contribution >= 0.6 is 0 Å². The van der Waals surface area contributed by atoms with Gasteiger partial charge in [-0.25, -0.2) is 4.79 Å². The van der Waals surface area contributed by atoms with Crippen molar-refractivity contribution in [1.29, 1.82) is 0 Å². The summed E-state index contributed by atoms with van der Waals surface area (Å²) in [6.07, 6.45) is 2.21. The van der Waals surface area contributed by atoms with E-state index in [0.717, 1.165) is 44.5 Å². The van der Waals surface area contributed by atoms with Crippen molar-refractivity contribution in [2.45, 2.75) is 32.4 Å². The maximum Gasteiger partial charge on any atom is 0.323 e. The van der Waals surface area contributed by atoms with E-state index in [-0.39, 0.29) is 17.6 Å². The lowest BCUT2D eigenvalue weighted by atomic mass is 9.95. The van der Waals surface area contributed by atoms with Crippen LogP contribution in [-0.4, -0.2) is 58.4 Å². The standard InChI is InChI=1S/C24H31N5O2/c1-17(23(30)25-20-8-9-21-22(14-20)27-24(31)26-21)29-12-10-19(11-13-29)16-28(2)15-18-6-4-3-5-7-18/h3-9,14,17,19H,10-13,15-16H2,1-2H3,(H,25,30)(H2,26,27,31). The number of likely N-dealkylation sites (tertiary alicyclic amines) is 1. The number of benzene rings is 2. The highest BCUT2D eigenvalue weighted by Gasteiger charge is 2.27. The van der Waals surface area contributed by atoms with Crippen LogP contribution in [0.3, 0.4) is 0 Å². The summed E-state index contributed by atoms with van der Waals surface area (Å²) < 4.78 is 0. The number of imidazole rings is 1. The second kappa shape index (κ2) is 9.49. The Hall–Kier alpha value is -2.90. The number of nitrogens with zero attached hydrogens (tertiary/aromatic N) is 2. The van der Waals surface area contributed by atoms with Gasteiger partial charge in [-0.1, -0.05) is 30.3 Å². The molecule has 0 aliphatic carbocycles. The van der Waals surface area contributed by atoms with E-state index in [2.05, 4.69) is 62.5 Å². The van der Waals surface area contributed by atoms with E-state index in [1.165, 1.54) is 5.56 Å². The SMILES string of the molecule is CC(C(=O)Nc1ccc2[nH]c(=O)[nH]c2c1)N1CCC(CN(C)Cc2ccccc2)CC1. The van der Waals surface area contributed by atoms with Gasteiger partial charge < -0.3 is 20.2 Å². The Morgan fingerprint density at radius 3 is 2.58 bits per heavy atom. The topological polar surface area (TPSA) is 84.2 Å². The van der Waals surface area contributed by atoms with Gasteiger partial charge >= 0.3 is 5.69 Å². The molecule has 7 nitrogen and oxygen atoms in total. The Kier molecular flexibility index (Phi) is 6.53. The molecule has 0 radical (unpaired) electrons. The van der Waals surface area contributed by atoms with Crippen LogP contribution in [0.25, 0.3) is 11.0 Å². The number of H-pyrrole nitrogens is 2. The van der Waals surface area contributed by atoms with E-state index in [4.69, 9.17) is 0 Å². The van der Waals surface area contributed by atoms with Gasteiger partial charge in [-0.05, 0) is 69.6 Å². The summed E-state index contributed by atoms with van der Waals surface area (Å²) in [5.74, 6) is 0.643. The molecule has 1 amide bonds. The first kappa shape index (κ1) is 21.3. The summed E-state index contributed by atoms with van der Waals surface area (Å²) in [6.45, 7) is 5.88. The number of fused-ring (bicyclic) bond motifs is 1. The minimum absolute atomic E-state index is 0.0168. The maximum absolute atomic E-state index is 12.8. The zero-order valence-electron chi connectivity index (χ0n) is 18.2. The van der Waals surface area contributed by atoms with Gasteiger partial charge in [0, 0.05) is 18.8 Å². The zero-order chi connectivity index (χ0) is 21.8. The predicted octanol–water partition coefficient (Wildman–Crippen LogP) is 3.03. The lowest BCUT2D eigenvalue weighted by Gasteiger charge is -2.36. The molecule has 0 spiro atoms. The summed E-state index contributed by atoms with van der Waals surface area (Å²) in [4.78, 5) is 34.3. The monoisotopic (exact) mass is 421 g/mol. The molecular weight excluding hydrogens is 390 g/mol. The molecule has 3 N–H and O–H groups in total. The molecule has 1 aliphatic heterocycles. The van der Waals surface area contributed by atoms with Crippen molar-refractivity contribution in [2.24, 2.45) is 5.92 Å². The van der Waals surface area contributed by atoms with Crippen LogP contribution in [0.2, 0.25) is 0 Å². The van der Waals surface area contributed by atoms with E-state index < -0.39 is 0 Å². The number of aromatic amines is 2. The number of piperidine rings is 1. The molecule has 1 aliphatic rings. The molecule has 164 valence electrons.